The molecule has 2 rings (SSSR count). The third-order valence-corrected chi connectivity index (χ3v) is 3.46. The largest absolute Gasteiger partial charge is 0.487 e. The van der Waals surface area contributed by atoms with Crippen molar-refractivity contribution in [1.82, 2.24) is 5.32 Å². The number of benzene rings is 2. The van der Waals surface area contributed by atoms with Crippen LogP contribution in [0, 0.1) is 0 Å². The Morgan fingerprint density at radius 2 is 1.88 bits per heavy atom. The van der Waals surface area contributed by atoms with Crippen molar-refractivity contribution in [3.05, 3.63) is 59.7 Å². The lowest BCUT2D eigenvalue weighted by Crippen LogP contribution is -2.26. The maximum Gasteiger partial charge on any atom is 0.251 e. The van der Waals surface area contributed by atoms with E-state index in [4.69, 9.17) is 10.5 Å². The van der Waals surface area contributed by atoms with Gasteiger partial charge in [-0.2, -0.15) is 0 Å². The van der Waals surface area contributed by atoms with E-state index >= 15 is 0 Å². The van der Waals surface area contributed by atoms with Crippen LogP contribution < -0.4 is 21.1 Å². The number of ether oxygens (including phenoxy) is 1. The maximum atomic E-state index is 12.2. The van der Waals surface area contributed by atoms with Crippen molar-refractivity contribution in [2.24, 2.45) is 5.73 Å². The molecule has 6 heteroatoms. The third-order valence-electron chi connectivity index (χ3n) is 3.46. The molecule has 2 aromatic carbocycles. The van der Waals surface area contributed by atoms with Crippen molar-refractivity contribution in [3.63, 3.8) is 0 Å². The van der Waals surface area contributed by atoms with Crippen molar-refractivity contribution in [3.8, 4) is 5.75 Å². The normalized spacial score (nSPS) is 10.2. The van der Waals surface area contributed by atoms with E-state index in [0.29, 0.717) is 43.1 Å². The minimum absolute atomic E-state index is 0.201. The van der Waals surface area contributed by atoms with Gasteiger partial charge in [0.25, 0.3) is 5.91 Å². The van der Waals surface area contributed by atoms with Crippen molar-refractivity contribution in [2.45, 2.75) is 20.0 Å². The van der Waals surface area contributed by atoms with Crippen LogP contribution in [0.25, 0.3) is 0 Å². The number of rotatable bonds is 8. The highest BCUT2D eigenvalue weighted by Crippen LogP contribution is 2.27. The number of nitrogens with one attached hydrogen (secondary N) is 2. The highest BCUT2D eigenvalue weighted by Gasteiger charge is 2.12. The van der Waals surface area contributed by atoms with Gasteiger partial charge in [0, 0.05) is 19.0 Å². The second kappa shape index (κ2) is 9.44. The lowest BCUT2D eigenvalue weighted by Gasteiger charge is -2.14. The van der Waals surface area contributed by atoms with E-state index in [9.17, 15) is 9.59 Å². The molecule has 6 nitrogen and oxygen atoms in total. The number of carbonyl (C=O) groups is 2. The minimum Gasteiger partial charge on any atom is -0.487 e. The quantitative estimate of drug-likeness (QED) is 0.642. The summed E-state index contributed by atoms with van der Waals surface area (Å²) in [5.74, 6) is 0.0441. The van der Waals surface area contributed by atoms with Gasteiger partial charge in [-0.05, 0) is 36.7 Å². The average molecular weight is 341 g/mol. The lowest BCUT2D eigenvalue weighted by atomic mass is 10.1. The van der Waals surface area contributed by atoms with E-state index in [1.807, 2.05) is 30.3 Å². The number of anilines is 1. The second-order valence-corrected chi connectivity index (χ2v) is 5.56. The van der Waals surface area contributed by atoms with Crippen LogP contribution in [0.1, 0.15) is 29.3 Å². The number of hydrogen-bond acceptors (Lipinski definition) is 4. The molecule has 0 unspecified atom stereocenters. The molecule has 2 aromatic rings. The van der Waals surface area contributed by atoms with Gasteiger partial charge < -0.3 is 21.1 Å². The fourth-order valence-corrected chi connectivity index (χ4v) is 2.22. The van der Waals surface area contributed by atoms with E-state index < -0.39 is 0 Å². The van der Waals surface area contributed by atoms with Crippen LogP contribution in [-0.4, -0.2) is 24.9 Å². The zero-order chi connectivity index (χ0) is 18.1. The Balaban J connectivity index is 2.15. The zero-order valence-corrected chi connectivity index (χ0v) is 14.2. The summed E-state index contributed by atoms with van der Waals surface area (Å²) in [7, 11) is 0. The molecule has 0 atom stereocenters. The SMILES string of the molecule is CC(=O)Nc1ccc(C(=O)NCCCN)cc1OCc1ccccc1. The molecule has 4 N–H and O–H groups in total. The van der Waals surface area contributed by atoms with E-state index in [2.05, 4.69) is 10.6 Å². The first-order valence-electron chi connectivity index (χ1n) is 8.17. The molecular weight excluding hydrogens is 318 g/mol. The fraction of sp³-hybridized carbons (Fsp3) is 0.263. The molecule has 0 aliphatic carbocycles. The molecule has 0 spiro atoms. The molecule has 0 radical (unpaired) electrons. The molecule has 0 saturated carbocycles. The van der Waals surface area contributed by atoms with Crippen LogP contribution in [0.4, 0.5) is 5.69 Å². The van der Waals surface area contributed by atoms with Gasteiger partial charge in [0.05, 0.1) is 5.69 Å². The Morgan fingerprint density at radius 3 is 2.56 bits per heavy atom. The van der Waals surface area contributed by atoms with Crippen LogP contribution in [0.15, 0.2) is 48.5 Å². The van der Waals surface area contributed by atoms with Gasteiger partial charge in [0.2, 0.25) is 5.91 Å². The maximum absolute atomic E-state index is 12.2. The molecule has 0 aliphatic heterocycles. The monoisotopic (exact) mass is 341 g/mol. The van der Waals surface area contributed by atoms with Gasteiger partial charge >= 0.3 is 0 Å². The van der Waals surface area contributed by atoms with Gasteiger partial charge in [-0.15, -0.1) is 0 Å². The minimum atomic E-state index is -0.204. The highest BCUT2D eigenvalue weighted by molar-refractivity contribution is 5.96. The third kappa shape index (κ3) is 5.93. The summed E-state index contributed by atoms with van der Waals surface area (Å²) in [6.07, 6.45) is 0.715. The number of hydrogen-bond donors (Lipinski definition) is 3. The van der Waals surface area contributed by atoms with Gasteiger partial charge in [-0.25, -0.2) is 0 Å². The smallest absolute Gasteiger partial charge is 0.251 e. The van der Waals surface area contributed by atoms with Crippen molar-refractivity contribution >= 4 is 17.5 Å². The van der Waals surface area contributed by atoms with Crippen LogP contribution in [-0.2, 0) is 11.4 Å². The van der Waals surface area contributed by atoms with Crippen LogP contribution >= 0.6 is 0 Å². The molecule has 0 saturated heterocycles. The van der Waals surface area contributed by atoms with E-state index in [1.165, 1.54) is 6.92 Å². The summed E-state index contributed by atoms with van der Waals surface area (Å²) in [6.45, 7) is 2.80. The standard InChI is InChI=1S/C19H23N3O3/c1-14(23)22-17-9-8-16(19(24)21-11-5-10-20)12-18(17)25-13-15-6-3-2-4-7-15/h2-4,6-9,12H,5,10-11,13,20H2,1H3,(H,21,24)(H,22,23). The molecule has 0 heterocycles. The predicted molar refractivity (Wildman–Crippen MR) is 97.5 cm³/mol. The van der Waals surface area contributed by atoms with E-state index in [1.54, 1.807) is 18.2 Å². The molecule has 25 heavy (non-hydrogen) atoms. The lowest BCUT2D eigenvalue weighted by molar-refractivity contribution is -0.114. The molecule has 0 aliphatic rings. The Labute approximate surface area is 147 Å². The van der Waals surface area contributed by atoms with Crippen molar-refractivity contribution < 1.29 is 14.3 Å². The van der Waals surface area contributed by atoms with Gasteiger partial charge in [0.15, 0.2) is 0 Å². The molecule has 132 valence electrons. The number of amides is 2. The first-order chi connectivity index (χ1) is 12.1. The number of carbonyl (C=O) groups excluding carboxylic acids is 2. The Kier molecular flexibility index (Phi) is 6.98. The summed E-state index contributed by atoms with van der Waals surface area (Å²) >= 11 is 0. The molecule has 2 amide bonds. The Hall–Kier alpha value is -2.86. The van der Waals surface area contributed by atoms with Crippen molar-refractivity contribution in [1.29, 1.82) is 0 Å². The topological polar surface area (TPSA) is 93.5 Å². The van der Waals surface area contributed by atoms with E-state index in [-0.39, 0.29) is 11.8 Å². The summed E-state index contributed by atoms with van der Waals surface area (Å²) in [5, 5.41) is 5.52. The molecule has 0 fully saturated rings. The molecule has 0 aromatic heterocycles. The first kappa shape index (κ1) is 18.5. The fourth-order valence-electron chi connectivity index (χ4n) is 2.22. The predicted octanol–water partition coefficient (Wildman–Crippen LogP) is 2.30. The van der Waals surface area contributed by atoms with E-state index in [0.717, 1.165) is 5.56 Å². The number of nitrogens with two attached hydrogens (primary N) is 1. The van der Waals surface area contributed by atoms with Gasteiger partial charge in [-0.3, -0.25) is 9.59 Å². The summed E-state index contributed by atoms with van der Waals surface area (Å²) in [5.41, 5.74) is 7.42. The summed E-state index contributed by atoms with van der Waals surface area (Å²) in [4.78, 5) is 23.6. The average Bonchev–Trinajstić information content (AvgIpc) is 2.61. The molecule has 0 bridgehead atoms. The van der Waals surface area contributed by atoms with Gasteiger partial charge in [-0.1, -0.05) is 30.3 Å². The van der Waals surface area contributed by atoms with Gasteiger partial charge in [0.1, 0.15) is 12.4 Å². The summed E-state index contributed by atoms with van der Waals surface area (Å²) in [6, 6.07) is 14.6. The van der Waals surface area contributed by atoms with Crippen molar-refractivity contribution in [2.75, 3.05) is 18.4 Å². The zero-order valence-electron chi connectivity index (χ0n) is 14.2. The summed E-state index contributed by atoms with van der Waals surface area (Å²) < 4.78 is 5.83. The second-order valence-electron chi connectivity index (χ2n) is 5.56. The molecular formula is C19H23N3O3. The van der Waals surface area contributed by atoms with Crippen LogP contribution in [0.5, 0.6) is 5.75 Å². The first-order valence-corrected chi connectivity index (χ1v) is 8.17. The van der Waals surface area contributed by atoms with Crippen LogP contribution in [0.3, 0.4) is 0 Å². The highest BCUT2D eigenvalue weighted by atomic mass is 16.5. The van der Waals surface area contributed by atoms with Crippen LogP contribution in [0.2, 0.25) is 0 Å². The Morgan fingerprint density at radius 1 is 1.12 bits per heavy atom. The Bertz CT molecular complexity index is 717.